The number of benzene rings is 1. The van der Waals surface area contributed by atoms with Gasteiger partial charge in [0, 0.05) is 13.7 Å². The summed E-state index contributed by atoms with van der Waals surface area (Å²) in [6, 6.07) is 7.45. The summed E-state index contributed by atoms with van der Waals surface area (Å²) in [6.07, 6.45) is 0.576. The van der Waals surface area contributed by atoms with E-state index in [4.69, 9.17) is 9.84 Å². The van der Waals surface area contributed by atoms with E-state index >= 15 is 0 Å². The first-order valence-corrected chi connectivity index (χ1v) is 5.70. The highest BCUT2D eigenvalue weighted by Gasteiger charge is 2.13. The molecule has 0 amide bonds. The Hall–Kier alpha value is -1.39. The van der Waals surface area contributed by atoms with Crippen molar-refractivity contribution in [3.8, 4) is 0 Å². The molecule has 0 radical (unpaired) electrons. The number of methoxy groups -OCH3 is 1. The van der Waals surface area contributed by atoms with Crippen molar-refractivity contribution in [2.45, 2.75) is 32.5 Å². The van der Waals surface area contributed by atoms with Crippen LogP contribution >= 0.6 is 0 Å². The molecule has 0 aromatic heterocycles. The number of ether oxygens (including phenoxy) is 1. The van der Waals surface area contributed by atoms with Gasteiger partial charge in [-0.15, -0.1) is 0 Å². The SMILES string of the molecule is CCC(NCc1cccc(COC)c1)C(=O)O. The van der Waals surface area contributed by atoms with Gasteiger partial charge >= 0.3 is 5.97 Å². The minimum atomic E-state index is -0.805. The predicted octanol–water partition coefficient (Wildman–Crippen LogP) is 1.79. The number of carboxylic acid groups (broad SMARTS) is 1. The maximum absolute atomic E-state index is 10.8. The average molecular weight is 237 g/mol. The van der Waals surface area contributed by atoms with E-state index in [9.17, 15) is 4.79 Å². The smallest absolute Gasteiger partial charge is 0.320 e. The summed E-state index contributed by atoms with van der Waals surface area (Å²) in [5.41, 5.74) is 2.16. The van der Waals surface area contributed by atoms with Crippen LogP contribution in [0.15, 0.2) is 24.3 Å². The fraction of sp³-hybridized carbons (Fsp3) is 0.462. The van der Waals surface area contributed by atoms with Gasteiger partial charge in [-0.05, 0) is 17.5 Å². The highest BCUT2D eigenvalue weighted by Crippen LogP contribution is 2.07. The Morgan fingerprint density at radius 1 is 1.47 bits per heavy atom. The Balaban J connectivity index is 2.56. The normalized spacial score (nSPS) is 12.4. The molecule has 1 unspecified atom stereocenters. The lowest BCUT2D eigenvalue weighted by molar-refractivity contribution is -0.139. The standard InChI is InChI=1S/C13H19NO3/c1-3-12(13(15)16)14-8-10-5-4-6-11(7-10)9-17-2/h4-7,12,14H,3,8-9H2,1-2H3,(H,15,16). The molecule has 0 aliphatic heterocycles. The molecule has 4 nitrogen and oxygen atoms in total. The Bertz CT molecular complexity index is 365. The van der Waals surface area contributed by atoms with Crippen LogP contribution in [-0.2, 0) is 22.7 Å². The van der Waals surface area contributed by atoms with Crippen molar-refractivity contribution in [1.82, 2.24) is 5.32 Å². The molecule has 0 fully saturated rings. The Labute approximate surface area is 102 Å². The number of hydrogen-bond donors (Lipinski definition) is 2. The second kappa shape index (κ2) is 7.04. The van der Waals surface area contributed by atoms with Crippen LogP contribution in [0.2, 0.25) is 0 Å². The first-order valence-electron chi connectivity index (χ1n) is 5.70. The van der Waals surface area contributed by atoms with Gasteiger partial charge in [-0.3, -0.25) is 4.79 Å². The van der Waals surface area contributed by atoms with Crippen LogP contribution in [0.4, 0.5) is 0 Å². The molecule has 0 heterocycles. The van der Waals surface area contributed by atoms with Gasteiger partial charge in [0.1, 0.15) is 6.04 Å². The van der Waals surface area contributed by atoms with Gasteiger partial charge in [-0.1, -0.05) is 31.2 Å². The lowest BCUT2D eigenvalue weighted by Crippen LogP contribution is -2.35. The predicted molar refractivity (Wildman–Crippen MR) is 65.7 cm³/mol. The van der Waals surface area contributed by atoms with Crippen molar-refractivity contribution in [3.63, 3.8) is 0 Å². The van der Waals surface area contributed by atoms with Crippen molar-refractivity contribution >= 4 is 5.97 Å². The number of rotatable bonds is 7. The molecule has 17 heavy (non-hydrogen) atoms. The highest BCUT2D eigenvalue weighted by molar-refractivity contribution is 5.73. The molecule has 1 atom stereocenters. The molecule has 1 aromatic carbocycles. The van der Waals surface area contributed by atoms with Gasteiger partial charge < -0.3 is 15.2 Å². The van der Waals surface area contributed by atoms with E-state index in [1.807, 2.05) is 31.2 Å². The highest BCUT2D eigenvalue weighted by atomic mass is 16.5. The molecular formula is C13H19NO3. The monoisotopic (exact) mass is 237 g/mol. The molecular weight excluding hydrogens is 218 g/mol. The van der Waals surface area contributed by atoms with Crippen LogP contribution in [-0.4, -0.2) is 24.2 Å². The van der Waals surface area contributed by atoms with E-state index in [1.165, 1.54) is 0 Å². The summed E-state index contributed by atoms with van der Waals surface area (Å²) in [5.74, 6) is -0.805. The zero-order valence-corrected chi connectivity index (χ0v) is 10.3. The Morgan fingerprint density at radius 2 is 2.18 bits per heavy atom. The minimum absolute atomic E-state index is 0.485. The molecule has 4 heteroatoms. The third-order valence-corrected chi connectivity index (χ3v) is 2.56. The van der Waals surface area contributed by atoms with E-state index in [0.717, 1.165) is 11.1 Å². The largest absolute Gasteiger partial charge is 0.480 e. The van der Waals surface area contributed by atoms with E-state index in [0.29, 0.717) is 19.6 Å². The average Bonchev–Trinajstić information content (AvgIpc) is 2.30. The maximum Gasteiger partial charge on any atom is 0.320 e. The third-order valence-electron chi connectivity index (χ3n) is 2.56. The fourth-order valence-electron chi connectivity index (χ4n) is 1.64. The van der Waals surface area contributed by atoms with Crippen molar-refractivity contribution < 1.29 is 14.6 Å². The van der Waals surface area contributed by atoms with Crippen LogP contribution in [0, 0.1) is 0 Å². The number of aliphatic carboxylic acids is 1. The van der Waals surface area contributed by atoms with Crippen LogP contribution in [0.1, 0.15) is 24.5 Å². The van der Waals surface area contributed by atoms with E-state index in [2.05, 4.69) is 5.32 Å². The van der Waals surface area contributed by atoms with Gasteiger partial charge in [-0.2, -0.15) is 0 Å². The summed E-state index contributed by atoms with van der Waals surface area (Å²) in [5, 5.41) is 11.9. The van der Waals surface area contributed by atoms with Crippen molar-refractivity contribution in [1.29, 1.82) is 0 Å². The fourth-order valence-corrected chi connectivity index (χ4v) is 1.64. The molecule has 0 saturated heterocycles. The second-order valence-corrected chi connectivity index (χ2v) is 3.93. The quantitative estimate of drug-likeness (QED) is 0.759. The van der Waals surface area contributed by atoms with Gasteiger partial charge in [0.25, 0.3) is 0 Å². The zero-order valence-electron chi connectivity index (χ0n) is 10.3. The van der Waals surface area contributed by atoms with Crippen LogP contribution < -0.4 is 5.32 Å². The number of nitrogens with one attached hydrogen (secondary N) is 1. The number of carboxylic acids is 1. The summed E-state index contributed by atoms with van der Waals surface area (Å²) >= 11 is 0. The number of hydrogen-bond acceptors (Lipinski definition) is 3. The lowest BCUT2D eigenvalue weighted by atomic mass is 10.1. The van der Waals surface area contributed by atoms with E-state index in [1.54, 1.807) is 7.11 Å². The summed E-state index contributed by atoms with van der Waals surface area (Å²) < 4.78 is 5.05. The molecule has 94 valence electrons. The van der Waals surface area contributed by atoms with Gasteiger partial charge in [0.2, 0.25) is 0 Å². The van der Waals surface area contributed by atoms with Crippen molar-refractivity contribution in [2.24, 2.45) is 0 Å². The Kier molecular flexibility index (Phi) is 5.66. The lowest BCUT2D eigenvalue weighted by Gasteiger charge is -2.12. The summed E-state index contributed by atoms with van der Waals surface area (Å²) in [6.45, 7) is 2.99. The zero-order chi connectivity index (χ0) is 12.7. The Morgan fingerprint density at radius 3 is 2.76 bits per heavy atom. The third kappa shape index (κ3) is 4.54. The molecule has 0 spiro atoms. The van der Waals surface area contributed by atoms with Gasteiger partial charge in [-0.25, -0.2) is 0 Å². The first kappa shape index (κ1) is 13.7. The topological polar surface area (TPSA) is 58.6 Å². The molecule has 1 aromatic rings. The van der Waals surface area contributed by atoms with E-state index in [-0.39, 0.29) is 0 Å². The van der Waals surface area contributed by atoms with Crippen LogP contribution in [0.5, 0.6) is 0 Å². The first-order chi connectivity index (χ1) is 8.17. The second-order valence-electron chi connectivity index (χ2n) is 3.93. The maximum atomic E-state index is 10.8. The molecule has 1 rings (SSSR count). The summed E-state index contributed by atoms with van der Waals surface area (Å²) in [4.78, 5) is 10.8. The van der Waals surface area contributed by atoms with Gasteiger partial charge in [0.15, 0.2) is 0 Å². The van der Waals surface area contributed by atoms with E-state index < -0.39 is 12.0 Å². The van der Waals surface area contributed by atoms with Crippen molar-refractivity contribution in [2.75, 3.05) is 7.11 Å². The summed E-state index contributed by atoms with van der Waals surface area (Å²) in [7, 11) is 1.66. The minimum Gasteiger partial charge on any atom is -0.480 e. The van der Waals surface area contributed by atoms with Gasteiger partial charge in [0.05, 0.1) is 6.61 Å². The number of carbonyl (C=O) groups is 1. The molecule has 0 saturated carbocycles. The molecule has 0 aliphatic rings. The van der Waals surface area contributed by atoms with Crippen LogP contribution in [0.3, 0.4) is 0 Å². The van der Waals surface area contributed by atoms with Crippen molar-refractivity contribution in [3.05, 3.63) is 35.4 Å². The molecule has 2 N–H and O–H groups in total. The molecule has 0 bridgehead atoms. The molecule has 0 aliphatic carbocycles. The van der Waals surface area contributed by atoms with Crippen LogP contribution in [0.25, 0.3) is 0 Å².